The van der Waals surface area contributed by atoms with Crippen LogP contribution in [0.3, 0.4) is 0 Å². The molecule has 2 aromatic rings. The van der Waals surface area contributed by atoms with Gasteiger partial charge in [0.1, 0.15) is 12.4 Å². The number of benzene rings is 1. The topological polar surface area (TPSA) is 105 Å². The van der Waals surface area contributed by atoms with Crippen LogP contribution in [0.1, 0.15) is 0 Å². The van der Waals surface area contributed by atoms with E-state index in [9.17, 15) is 14.9 Å². The van der Waals surface area contributed by atoms with Gasteiger partial charge in [-0.1, -0.05) is 11.6 Å². The highest BCUT2D eigenvalue weighted by atomic mass is 35.5. The Bertz CT molecular complexity index is 674. The fourth-order valence-electron chi connectivity index (χ4n) is 1.69. The Morgan fingerprint density at radius 2 is 2.21 bits per heavy atom. The summed E-state index contributed by atoms with van der Waals surface area (Å²) in [7, 11) is 0. The van der Waals surface area contributed by atoms with E-state index in [1.807, 2.05) is 0 Å². The molecule has 98 valence electrons. The lowest BCUT2D eigenvalue weighted by atomic mass is 10.1. The summed E-state index contributed by atoms with van der Waals surface area (Å²) >= 11 is 6.00. The number of aliphatic carboxylic acids is 1. The van der Waals surface area contributed by atoms with Gasteiger partial charge in [0.2, 0.25) is 0 Å². The van der Waals surface area contributed by atoms with Gasteiger partial charge in [0.25, 0.3) is 5.69 Å². The summed E-state index contributed by atoms with van der Waals surface area (Å²) in [6, 6.07) is 4.15. The Hall–Kier alpha value is -2.41. The van der Waals surface area contributed by atoms with Crippen LogP contribution in [0.15, 0.2) is 24.4 Å². The Kier molecular flexibility index (Phi) is 3.48. The molecule has 0 aliphatic rings. The molecule has 0 saturated carbocycles. The van der Waals surface area contributed by atoms with E-state index >= 15 is 0 Å². The molecule has 0 atom stereocenters. The molecule has 0 bridgehead atoms. The molecule has 8 heteroatoms. The second kappa shape index (κ2) is 5.07. The van der Waals surface area contributed by atoms with Crippen molar-refractivity contribution in [3.8, 4) is 0 Å². The molecule has 0 amide bonds. The highest BCUT2D eigenvalue weighted by Gasteiger charge is 2.17. The van der Waals surface area contributed by atoms with Crippen molar-refractivity contribution in [1.82, 2.24) is 4.98 Å². The number of rotatable bonds is 4. The Labute approximate surface area is 112 Å². The van der Waals surface area contributed by atoms with Crippen LogP contribution in [0.4, 0.5) is 11.5 Å². The lowest BCUT2D eigenvalue weighted by molar-refractivity contribution is -0.383. The standard InChI is InChI=1S/C11H8ClN3O4/c12-7-1-2-8(15(18)19)6-3-4-13-11(10(6)7)14-5-9(16)17/h1-4H,5H2,(H,13,14)(H,16,17). The van der Waals surface area contributed by atoms with Crippen LogP contribution in [0.2, 0.25) is 5.02 Å². The number of halogens is 1. The van der Waals surface area contributed by atoms with E-state index in [0.29, 0.717) is 10.8 Å². The molecule has 0 radical (unpaired) electrons. The molecule has 7 nitrogen and oxygen atoms in total. The van der Waals surface area contributed by atoms with E-state index in [4.69, 9.17) is 16.7 Å². The molecular weight excluding hydrogens is 274 g/mol. The summed E-state index contributed by atoms with van der Waals surface area (Å²) in [5.41, 5.74) is -0.111. The molecule has 2 N–H and O–H groups in total. The average Bonchev–Trinajstić information content (AvgIpc) is 2.36. The van der Waals surface area contributed by atoms with Crippen LogP contribution in [-0.4, -0.2) is 27.5 Å². The molecular formula is C11H8ClN3O4. The average molecular weight is 282 g/mol. The molecule has 0 saturated heterocycles. The first kappa shape index (κ1) is 13.0. The fourth-order valence-corrected chi connectivity index (χ4v) is 1.95. The van der Waals surface area contributed by atoms with Crippen molar-refractivity contribution in [2.75, 3.05) is 11.9 Å². The number of hydrogen-bond acceptors (Lipinski definition) is 5. The van der Waals surface area contributed by atoms with E-state index < -0.39 is 10.9 Å². The molecule has 1 aromatic heterocycles. The number of aromatic nitrogens is 1. The number of nitro benzene ring substituents is 1. The van der Waals surface area contributed by atoms with Crippen molar-refractivity contribution in [2.24, 2.45) is 0 Å². The summed E-state index contributed by atoms with van der Waals surface area (Å²) in [5.74, 6) is -0.867. The second-order valence-corrected chi connectivity index (χ2v) is 4.06. The van der Waals surface area contributed by atoms with Crippen molar-refractivity contribution in [3.63, 3.8) is 0 Å². The Morgan fingerprint density at radius 3 is 2.84 bits per heavy atom. The predicted octanol–water partition coefficient (Wildman–Crippen LogP) is 2.29. The van der Waals surface area contributed by atoms with Gasteiger partial charge in [-0.25, -0.2) is 4.98 Å². The lowest BCUT2D eigenvalue weighted by Gasteiger charge is -2.08. The predicted molar refractivity (Wildman–Crippen MR) is 69.5 cm³/mol. The Balaban J connectivity index is 2.63. The number of nitro groups is 1. The highest BCUT2D eigenvalue weighted by molar-refractivity contribution is 6.37. The molecule has 0 spiro atoms. The second-order valence-electron chi connectivity index (χ2n) is 3.65. The number of fused-ring (bicyclic) bond motifs is 1. The van der Waals surface area contributed by atoms with Crippen molar-refractivity contribution >= 4 is 39.8 Å². The number of hydrogen-bond donors (Lipinski definition) is 2. The van der Waals surface area contributed by atoms with Gasteiger partial charge in [-0.15, -0.1) is 0 Å². The minimum absolute atomic E-state index is 0.111. The lowest BCUT2D eigenvalue weighted by Crippen LogP contribution is -2.13. The number of pyridine rings is 1. The number of nitrogens with zero attached hydrogens (tertiary/aromatic N) is 2. The SMILES string of the molecule is O=C(O)CNc1nccc2c([N+](=O)[O-])ccc(Cl)c12. The molecule has 0 fully saturated rings. The third-order valence-corrected chi connectivity index (χ3v) is 2.77. The maximum atomic E-state index is 10.9. The first-order chi connectivity index (χ1) is 9.00. The van der Waals surface area contributed by atoms with E-state index in [0.717, 1.165) is 0 Å². The van der Waals surface area contributed by atoms with Crippen LogP contribution >= 0.6 is 11.6 Å². The quantitative estimate of drug-likeness (QED) is 0.658. The minimum Gasteiger partial charge on any atom is -0.480 e. The molecule has 0 unspecified atom stereocenters. The van der Waals surface area contributed by atoms with E-state index in [1.165, 1.54) is 24.4 Å². The molecule has 1 aromatic carbocycles. The number of carbonyl (C=O) groups is 1. The van der Waals surface area contributed by atoms with Gasteiger partial charge in [-0.05, 0) is 12.1 Å². The summed E-state index contributed by atoms with van der Waals surface area (Å²) in [5, 5.41) is 23.0. The van der Waals surface area contributed by atoms with Crippen LogP contribution in [-0.2, 0) is 4.79 Å². The van der Waals surface area contributed by atoms with Crippen molar-refractivity contribution in [1.29, 1.82) is 0 Å². The highest BCUT2D eigenvalue weighted by Crippen LogP contribution is 2.34. The van der Waals surface area contributed by atoms with Gasteiger partial charge in [0, 0.05) is 17.6 Å². The first-order valence-electron chi connectivity index (χ1n) is 5.18. The van der Waals surface area contributed by atoms with Gasteiger partial charge in [0.05, 0.1) is 15.3 Å². The maximum absolute atomic E-state index is 10.9. The third kappa shape index (κ3) is 2.55. The summed E-state index contributed by atoms with van der Waals surface area (Å²) < 4.78 is 0. The maximum Gasteiger partial charge on any atom is 0.322 e. The van der Waals surface area contributed by atoms with Crippen molar-refractivity contribution in [3.05, 3.63) is 39.5 Å². The molecule has 19 heavy (non-hydrogen) atoms. The van der Waals surface area contributed by atoms with Crippen LogP contribution < -0.4 is 5.32 Å². The monoisotopic (exact) mass is 281 g/mol. The summed E-state index contributed by atoms with van der Waals surface area (Å²) in [6.07, 6.45) is 1.36. The number of carboxylic acids is 1. The fraction of sp³-hybridized carbons (Fsp3) is 0.0909. The zero-order chi connectivity index (χ0) is 14.0. The number of non-ortho nitro benzene ring substituents is 1. The van der Waals surface area contributed by atoms with Crippen molar-refractivity contribution in [2.45, 2.75) is 0 Å². The molecule has 2 rings (SSSR count). The normalized spacial score (nSPS) is 10.4. The Morgan fingerprint density at radius 1 is 1.47 bits per heavy atom. The van der Waals surface area contributed by atoms with Crippen molar-refractivity contribution < 1.29 is 14.8 Å². The first-order valence-corrected chi connectivity index (χ1v) is 5.56. The molecule has 0 aliphatic carbocycles. The third-order valence-electron chi connectivity index (χ3n) is 2.46. The number of anilines is 1. The van der Waals surface area contributed by atoms with Gasteiger partial charge in [0.15, 0.2) is 0 Å². The summed E-state index contributed by atoms with van der Waals surface area (Å²) in [4.78, 5) is 24.9. The van der Waals surface area contributed by atoms with E-state index in [2.05, 4.69) is 10.3 Å². The number of carboxylic acid groups (broad SMARTS) is 1. The molecule has 1 heterocycles. The zero-order valence-corrected chi connectivity index (χ0v) is 10.2. The zero-order valence-electron chi connectivity index (χ0n) is 9.46. The molecule has 0 aliphatic heterocycles. The minimum atomic E-state index is -1.07. The van der Waals surface area contributed by atoms with Gasteiger partial charge in [-0.3, -0.25) is 14.9 Å². The number of nitrogens with one attached hydrogen (secondary N) is 1. The van der Waals surface area contributed by atoms with Crippen LogP contribution in [0.25, 0.3) is 10.8 Å². The van der Waals surface area contributed by atoms with E-state index in [1.54, 1.807) is 0 Å². The summed E-state index contributed by atoms with van der Waals surface area (Å²) in [6.45, 7) is -0.356. The smallest absolute Gasteiger partial charge is 0.322 e. The van der Waals surface area contributed by atoms with Crippen LogP contribution in [0.5, 0.6) is 0 Å². The van der Waals surface area contributed by atoms with E-state index in [-0.39, 0.29) is 23.1 Å². The van der Waals surface area contributed by atoms with Gasteiger partial charge < -0.3 is 10.4 Å². The largest absolute Gasteiger partial charge is 0.480 e. The van der Waals surface area contributed by atoms with Crippen LogP contribution in [0, 0.1) is 10.1 Å². The van der Waals surface area contributed by atoms with Gasteiger partial charge >= 0.3 is 5.97 Å². The van der Waals surface area contributed by atoms with Gasteiger partial charge in [-0.2, -0.15) is 0 Å².